The topological polar surface area (TPSA) is 92.0 Å². The number of carbonyl (C=O) groups is 1. The number of anilines is 2. The number of carbonyl (C=O) groups excluding carboxylic acids is 1. The summed E-state index contributed by atoms with van der Waals surface area (Å²) >= 11 is 0. The fourth-order valence-electron chi connectivity index (χ4n) is 3.00. The molecule has 7 nitrogen and oxygen atoms in total. The van der Waals surface area contributed by atoms with E-state index in [1.165, 1.54) is 0 Å². The minimum atomic E-state index is -0.619. The van der Waals surface area contributed by atoms with E-state index in [0.29, 0.717) is 28.3 Å². The van der Waals surface area contributed by atoms with E-state index in [4.69, 9.17) is 24.5 Å². The van der Waals surface area contributed by atoms with Crippen LogP contribution < -0.4 is 21.3 Å². The minimum absolute atomic E-state index is 0.489. The summed E-state index contributed by atoms with van der Waals surface area (Å²) in [5.74, 6) is 1.10. The molecule has 2 aromatic carbocycles. The van der Waals surface area contributed by atoms with Crippen molar-refractivity contribution in [2.75, 3.05) is 11.1 Å². The van der Waals surface area contributed by atoms with Gasteiger partial charge in [0, 0.05) is 22.9 Å². The first-order valence-corrected chi connectivity index (χ1v) is 10.3. The van der Waals surface area contributed by atoms with Crippen molar-refractivity contribution in [2.45, 2.75) is 65.3 Å². The van der Waals surface area contributed by atoms with Crippen LogP contribution in [0.5, 0.6) is 11.5 Å². The Labute approximate surface area is 184 Å². The van der Waals surface area contributed by atoms with Crippen molar-refractivity contribution in [3.63, 3.8) is 0 Å². The fraction of sp³-hybridized carbons (Fsp3) is 0.435. The molecule has 0 aliphatic carbocycles. The number of hydrogen-bond donors (Lipinski definition) is 2. The third kappa shape index (κ3) is 5.51. The summed E-state index contributed by atoms with van der Waals surface area (Å²) in [6.45, 7) is 13.4. The van der Waals surface area contributed by atoms with Gasteiger partial charge in [-0.3, -0.25) is 5.32 Å². The molecule has 3 rings (SSSR count). The number of nitrogens with one attached hydrogen (secondary N) is 1. The lowest BCUT2D eigenvalue weighted by Gasteiger charge is -2.32. The third-order valence-corrected chi connectivity index (χ3v) is 5.25. The normalized spacial score (nSPS) is 17.3. The number of rotatable bonds is 4. The van der Waals surface area contributed by atoms with Gasteiger partial charge in [0.25, 0.3) is 0 Å². The Hall–Kier alpha value is -2.71. The zero-order chi connectivity index (χ0) is 23.0. The van der Waals surface area contributed by atoms with E-state index in [9.17, 15) is 4.79 Å². The predicted molar refractivity (Wildman–Crippen MR) is 123 cm³/mol. The van der Waals surface area contributed by atoms with E-state index < -0.39 is 30.0 Å². The Morgan fingerprint density at radius 1 is 1.03 bits per heavy atom. The van der Waals surface area contributed by atoms with Crippen molar-refractivity contribution in [2.24, 2.45) is 0 Å². The van der Waals surface area contributed by atoms with Crippen LogP contribution in [-0.2, 0) is 14.0 Å². The summed E-state index contributed by atoms with van der Waals surface area (Å²) in [5, 5.41) is 2.71. The number of hydrogen-bond acceptors (Lipinski definition) is 6. The molecule has 0 radical (unpaired) electrons. The predicted octanol–water partition coefficient (Wildman–Crippen LogP) is 4.71. The first kappa shape index (κ1) is 23.0. The summed E-state index contributed by atoms with van der Waals surface area (Å²) in [4.78, 5) is 12.1. The minimum Gasteiger partial charge on any atom is -0.458 e. The van der Waals surface area contributed by atoms with Crippen molar-refractivity contribution in [3.05, 3.63) is 42.5 Å². The molecule has 166 valence electrons. The highest BCUT2D eigenvalue weighted by atomic mass is 16.7. The molecule has 8 heteroatoms. The van der Waals surface area contributed by atoms with E-state index in [-0.39, 0.29) is 0 Å². The van der Waals surface area contributed by atoms with Crippen molar-refractivity contribution >= 4 is 30.0 Å². The Kier molecular flexibility index (Phi) is 6.00. The van der Waals surface area contributed by atoms with E-state index in [2.05, 4.69) is 5.32 Å². The van der Waals surface area contributed by atoms with Crippen molar-refractivity contribution < 1.29 is 23.6 Å². The monoisotopic (exact) mass is 426 g/mol. The highest BCUT2D eigenvalue weighted by Crippen LogP contribution is 2.37. The highest BCUT2D eigenvalue weighted by molar-refractivity contribution is 6.63. The molecule has 0 aromatic heterocycles. The number of nitrogens with two attached hydrogens (primary N) is 1. The molecule has 1 amide bonds. The van der Waals surface area contributed by atoms with Crippen LogP contribution in [0.2, 0.25) is 0 Å². The Morgan fingerprint density at radius 3 is 2.29 bits per heavy atom. The molecule has 0 saturated carbocycles. The molecule has 0 spiro atoms. The van der Waals surface area contributed by atoms with Crippen molar-refractivity contribution in [3.8, 4) is 11.5 Å². The van der Waals surface area contributed by atoms with Gasteiger partial charge in [0.15, 0.2) is 0 Å². The second kappa shape index (κ2) is 8.09. The summed E-state index contributed by atoms with van der Waals surface area (Å²) in [7, 11) is -0.619. The molecular weight excluding hydrogens is 395 g/mol. The van der Waals surface area contributed by atoms with Gasteiger partial charge in [-0.1, -0.05) is 6.07 Å². The average molecular weight is 426 g/mol. The number of benzene rings is 2. The summed E-state index contributed by atoms with van der Waals surface area (Å²) in [5.41, 5.74) is 6.30. The summed E-state index contributed by atoms with van der Waals surface area (Å²) in [6.07, 6.45) is -0.532. The quantitative estimate of drug-likeness (QED) is 0.544. The second-order valence-electron chi connectivity index (χ2n) is 9.64. The smallest absolute Gasteiger partial charge is 0.458 e. The molecule has 1 fully saturated rings. The maximum absolute atomic E-state index is 12.1. The molecule has 2 aromatic rings. The third-order valence-electron chi connectivity index (χ3n) is 5.25. The van der Waals surface area contributed by atoms with E-state index in [0.717, 1.165) is 0 Å². The van der Waals surface area contributed by atoms with Crippen LogP contribution >= 0.6 is 0 Å². The first-order chi connectivity index (χ1) is 14.3. The van der Waals surface area contributed by atoms with Crippen molar-refractivity contribution in [1.29, 1.82) is 0 Å². The SMILES string of the molecule is CC(C)(C)OC(=O)Nc1cccc(Oc2ccc(N)cc2B2OC(C)(C)C(C)(C)O2)c1. The lowest BCUT2D eigenvalue weighted by molar-refractivity contribution is 0.00578. The van der Waals surface area contributed by atoms with E-state index >= 15 is 0 Å². The Morgan fingerprint density at radius 2 is 1.68 bits per heavy atom. The van der Waals surface area contributed by atoms with Gasteiger partial charge in [-0.15, -0.1) is 0 Å². The van der Waals surface area contributed by atoms with Crippen LogP contribution in [0.15, 0.2) is 42.5 Å². The Bertz CT molecular complexity index is 953. The van der Waals surface area contributed by atoms with Crippen LogP contribution in [0.3, 0.4) is 0 Å². The molecule has 0 atom stereocenters. The van der Waals surface area contributed by atoms with Gasteiger partial charge in [0.05, 0.1) is 11.2 Å². The summed E-state index contributed by atoms with van der Waals surface area (Å²) in [6, 6.07) is 12.4. The molecule has 3 N–H and O–H groups in total. The molecular formula is C23H31BN2O5. The van der Waals surface area contributed by atoms with Gasteiger partial charge >= 0.3 is 13.2 Å². The lowest BCUT2D eigenvalue weighted by Crippen LogP contribution is -2.41. The molecule has 1 aliphatic rings. The highest BCUT2D eigenvalue weighted by Gasteiger charge is 2.52. The van der Waals surface area contributed by atoms with Gasteiger partial charge in [0.2, 0.25) is 0 Å². The van der Waals surface area contributed by atoms with Crippen LogP contribution in [-0.4, -0.2) is 30.0 Å². The van der Waals surface area contributed by atoms with Gasteiger partial charge in [0.1, 0.15) is 17.1 Å². The average Bonchev–Trinajstić information content (AvgIpc) is 2.82. The number of ether oxygens (including phenoxy) is 2. The largest absolute Gasteiger partial charge is 0.498 e. The molecule has 0 bridgehead atoms. The number of nitrogen functional groups attached to an aromatic ring is 1. The van der Waals surface area contributed by atoms with Crippen molar-refractivity contribution in [1.82, 2.24) is 0 Å². The van der Waals surface area contributed by atoms with E-state index in [1.54, 1.807) is 42.5 Å². The van der Waals surface area contributed by atoms with Gasteiger partial charge in [-0.05, 0) is 78.8 Å². The second-order valence-corrected chi connectivity index (χ2v) is 9.64. The Balaban J connectivity index is 1.82. The van der Waals surface area contributed by atoms with E-state index in [1.807, 2.05) is 48.5 Å². The van der Waals surface area contributed by atoms with Crippen LogP contribution in [0.4, 0.5) is 16.2 Å². The standard InChI is InChI=1S/C23H31BN2O5/c1-21(2,3)29-20(27)26-16-9-8-10-17(14-16)28-19-12-11-15(25)13-18(19)24-30-22(4,5)23(6,7)31-24/h8-14H,25H2,1-7H3,(H,26,27). The molecule has 1 heterocycles. The van der Waals surface area contributed by atoms with Gasteiger partial charge in [-0.25, -0.2) is 4.79 Å². The first-order valence-electron chi connectivity index (χ1n) is 10.3. The molecule has 1 saturated heterocycles. The molecule has 31 heavy (non-hydrogen) atoms. The number of amides is 1. The molecule has 1 aliphatic heterocycles. The van der Waals surface area contributed by atoms with Crippen LogP contribution in [0.1, 0.15) is 48.5 Å². The van der Waals surface area contributed by atoms with Crippen LogP contribution in [0.25, 0.3) is 0 Å². The maximum atomic E-state index is 12.1. The zero-order valence-corrected chi connectivity index (χ0v) is 19.2. The van der Waals surface area contributed by atoms with Crippen LogP contribution in [0, 0.1) is 0 Å². The summed E-state index contributed by atoms with van der Waals surface area (Å²) < 4.78 is 23.8. The lowest BCUT2D eigenvalue weighted by atomic mass is 9.78. The van der Waals surface area contributed by atoms with Gasteiger partial charge in [-0.2, -0.15) is 0 Å². The fourth-order valence-corrected chi connectivity index (χ4v) is 3.00. The zero-order valence-electron chi connectivity index (χ0n) is 19.2. The molecule has 0 unspecified atom stereocenters. The van der Waals surface area contributed by atoms with Gasteiger partial charge < -0.3 is 24.5 Å². The maximum Gasteiger partial charge on any atom is 0.498 e.